The second-order valence-electron chi connectivity index (χ2n) is 4.70. The maximum Gasteiger partial charge on any atom is 0.245 e. The van der Waals surface area contributed by atoms with Gasteiger partial charge in [-0.25, -0.2) is 0 Å². The third kappa shape index (κ3) is 2.97. The number of hydrogen-bond acceptors (Lipinski definition) is 3. The summed E-state index contributed by atoms with van der Waals surface area (Å²) >= 11 is 0. The van der Waals surface area contributed by atoms with Crippen LogP contribution < -0.4 is 5.32 Å². The monoisotopic (exact) mass is 240 g/mol. The zero-order valence-corrected chi connectivity index (χ0v) is 10.3. The highest BCUT2D eigenvalue weighted by atomic mass is 16.5. The number of ether oxygens (including phenoxy) is 1. The Labute approximate surface area is 101 Å². The van der Waals surface area contributed by atoms with E-state index in [2.05, 4.69) is 5.32 Å². The number of rotatable bonds is 3. The molecule has 2 amide bonds. The summed E-state index contributed by atoms with van der Waals surface area (Å²) in [6.45, 7) is 3.85. The summed E-state index contributed by atoms with van der Waals surface area (Å²) in [4.78, 5) is 25.4. The van der Waals surface area contributed by atoms with Gasteiger partial charge in [-0.3, -0.25) is 9.59 Å². The predicted molar refractivity (Wildman–Crippen MR) is 62.4 cm³/mol. The van der Waals surface area contributed by atoms with E-state index in [-0.39, 0.29) is 24.0 Å². The fraction of sp³-hybridized carbons (Fsp3) is 0.833. The number of amides is 2. The van der Waals surface area contributed by atoms with Crippen molar-refractivity contribution >= 4 is 11.8 Å². The molecule has 0 bridgehead atoms. The summed E-state index contributed by atoms with van der Waals surface area (Å²) in [5.74, 6) is 0.00823. The highest BCUT2D eigenvalue weighted by Crippen LogP contribution is 2.15. The zero-order chi connectivity index (χ0) is 12.3. The van der Waals surface area contributed by atoms with Crippen LogP contribution in [0, 0.1) is 0 Å². The molecule has 2 atom stereocenters. The van der Waals surface area contributed by atoms with Crippen LogP contribution in [0.15, 0.2) is 0 Å². The summed E-state index contributed by atoms with van der Waals surface area (Å²) in [5.41, 5.74) is 0. The minimum absolute atomic E-state index is 0.0277. The summed E-state index contributed by atoms with van der Waals surface area (Å²) in [7, 11) is 0. The van der Waals surface area contributed by atoms with Crippen LogP contribution in [0.4, 0.5) is 0 Å². The Morgan fingerprint density at radius 3 is 2.94 bits per heavy atom. The van der Waals surface area contributed by atoms with Gasteiger partial charge in [0.05, 0.1) is 6.10 Å². The van der Waals surface area contributed by atoms with Crippen LogP contribution in [0.1, 0.15) is 32.6 Å². The molecule has 17 heavy (non-hydrogen) atoms. The van der Waals surface area contributed by atoms with Gasteiger partial charge in [0.25, 0.3) is 0 Å². The van der Waals surface area contributed by atoms with Crippen LogP contribution in [-0.2, 0) is 14.3 Å². The van der Waals surface area contributed by atoms with E-state index < -0.39 is 0 Å². The Morgan fingerprint density at radius 1 is 1.47 bits per heavy atom. The van der Waals surface area contributed by atoms with Crippen LogP contribution in [-0.4, -0.2) is 48.6 Å². The quantitative estimate of drug-likeness (QED) is 0.771. The molecule has 5 heteroatoms. The normalized spacial score (nSPS) is 30.3. The summed E-state index contributed by atoms with van der Waals surface area (Å²) in [6, 6.07) is -0.355. The molecule has 5 nitrogen and oxygen atoms in total. The molecule has 0 aliphatic carbocycles. The van der Waals surface area contributed by atoms with Crippen LogP contribution >= 0.6 is 0 Å². The van der Waals surface area contributed by atoms with Crippen molar-refractivity contribution in [1.29, 1.82) is 0 Å². The lowest BCUT2D eigenvalue weighted by atomic mass is 10.2. The zero-order valence-electron chi connectivity index (χ0n) is 10.3. The first-order valence-electron chi connectivity index (χ1n) is 6.40. The molecule has 0 aromatic carbocycles. The van der Waals surface area contributed by atoms with Crippen molar-refractivity contribution in [3.8, 4) is 0 Å². The fourth-order valence-electron chi connectivity index (χ4n) is 2.39. The number of hydrogen-bond donors (Lipinski definition) is 1. The van der Waals surface area contributed by atoms with Crippen molar-refractivity contribution in [2.45, 2.75) is 44.8 Å². The Bertz CT molecular complexity index is 300. The van der Waals surface area contributed by atoms with Crippen molar-refractivity contribution in [2.75, 3.05) is 19.7 Å². The third-order valence-corrected chi connectivity index (χ3v) is 3.41. The number of carbonyl (C=O) groups is 2. The van der Waals surface area contributed by atoms with Crippen LogP contribution in [0.3, 0.4) is 0 Å². The van der Waals surface area contributed by atoms with E-state index in [1.807, 2.05) is 6.92 Å². The van der Waals surface area contributed by atoms with Crippen molar-refractivity contribution in [3.05, 3.63) is 0 Å². The van der Waals surface area contributed by atoms with Gasteiger partial charge >= 0.3 is 0 Å². The van der Waals surface area contributed by atoms with Crippen LogP contribution in [0.5, 0.6) is 0 Å². The molecule has 0 saturated carbocycles. The van der Waals surface area contributed by atoms with E-state index in [0.717, 1.165) is 19.4 Å². The molecule has 0 aromatic heterocycles. The molecule has 2 rings (SSSR count). The number of nitrogens with one attached hydrogen (secondary N) is 1. The van der Waals surface area contributed by atoms with E-state index in [1.165, 1.54) is 0 Å². The molecule has 0 aromatic rings. The van der Waals surface area contributed by atoms with Gasteiger partial charge in [-0.05, 0) is 19.3 Å². The Balaban J connectivity index is 1.98. The molecule has 2 saturated heterocycles. The molecule has 0 spiro atoms. The number of carbonyl (C=O) groups excluding carboxylic acids is 2. The van der Waals surface area contributed by atoms with Gasteiger partial charge in [0.2, 0.25) is 11.8 Å². The number of nitrogens with zero attached hydrogens (tertiary/aromatic N) is 1. The molecule has 2 fully saturated rings. The van der Waals surface area contributed by atoms with Gasteiger partial charge in [0.15, 0.2) is 0 Å². The first kappa shape index (κ1) is 12.4. The standard InChI is InChI=1S/C12H20N2O3/c1-2-10-12(16)14(6-5-11(15)13-10)8-9-4-3-7-17-9/h9-10H,2-8H2,1H3,(H,13,15). The first-order chi connectivity index (χ1) is 8.20. The van der Waals surface area contributed by atoms with Gasteiger partial charge < -0.3 is 15.0 Å². The minimum atomic E-state index is -0.355. The summed E-state index contributed by atoms with van der Waals surface area (Å²) in [5, 5.41) is 2.76. The van der Waals surface area contributed by atoms with Crippen molar-refractivity contribution in [3.63, 3.8) is 0 Å². The van der Waals surface area contributed by atoms with Gasteiger partial charge in [-0.1, -0.05) is 6.92 Å². The molecule has 0 radical (unpaired) electrons. The lowest BCUT2D eigenvalue weighted by molar-refractivity contribution is -0.134. The molecule has 2 unspecified atom stereocenters. The summed E-state index contributed by atoms with van der Waals surface area (Å²) in [6.07, 6.45) is 3.29. The summed E-state index contributed by atoms with van der Waals surface area (Å²) < 4.78 is 5.54. The lowest BCUT2D eigenvalue weighted by Crippen LogP contribution is -2.46. The smallest absolute Gasteiger partial charge is 0.245 e. The predicted octanol–water partition coefficient (Wildman–Crippen LogP) is 0.292. The van der Waals surface area contributed by atoms with Gasteiger partial charge in [0, 0.05) is 26.1 Å². The van der Waals surface area contributed by atoms with Crippen LogP contribution in [0.2, 0.25) is 0 Å². The van der Waals surface area contributed by atoms with Crippen LogP contribution in [0.25, 0.3) is 0 Å². The first-order valence-corrected chi connectivity index (χ1v) is 6.40. The lowest BCUT2D eigenvalue weighted by Gasteiger charge is -2.25. The van der Waals surface area contributed by atoms with Gasteiger partial charge in [0.1, 0.15) is 6.04 Å². The van der Waals surface area contributed by atoms with Crippen molar-refractivity contribution in [1.82, 2.24) is 10.2 Å². The molecule has 96 valence electrons. The van der Waals surface area contributed by atoms with Crippen molar-refractivity contribution < 1.29 is 14.3 Å². The average Bonchev–Trinajstić information content (AvgIpc) is 2.78. The van der Waals surface area contributed by atoms with E-state index in [9.17, 15) is 9.59 Å². The highest BCUT2D eigenvalue weighted by Gasteiger charge is 2.30. The molecular weight excluding hydrogens is 220 g/mol. The second-order valence-corrected chi connectivity index (χ2v) is 4.70. The van der Waals surface area contributed by atoms with E-state index in [1.54, 1.807) is 4.90 Å². The Kier molecular flexibility index (Phi) is 3.99. The Hall–Kier alpha value is -1.10. The molecule has 2 heterocycles. The SMILES string of the molecule is CCC1NC(=O)CCN(CC2CCCO2)C1=O. The maximum atomic E-state index is 12.2. The molecule has 2 aliphatic heterocycles. The Morgan fingerprint density at radius 2 is 2.29 bits per heavy atom. The van der Waals surface area contributed by atoms with E-state index in [4.69, 9.17) is 4.74 Å². The highest BCUT2D eigenvalue weighted by molar-refractivity contribution is 5.89. The second kappa shape index (κ2) is 5.49. The maximum absolute atomic E-state index is 12.2. The van der Waals surface area contributed by atoms with Gasteiger partial charge in [-0.15, -0.1) is 0 Å². The largest absolute Gasteiger partial charge is 0.376 e. The minimum Gasteiger partial charge on any atom is -0.376 e. The van der Waals surface area contributed by atoms with E-state index in [0.29, 0.717) is 25.9 Å². The van der Waals surface area contributed by atoms with Gasteiger partial charge in [-0.2, -0.15) is 0 Å². The topological polar surface area (TPSA) is 58.6 Å². The van der Waals surface area contributed by atoms with E-state index >= 15 is 0 Å². The average molecular weight is 240 g/mol. The molecular formula is C12H20N2O3. The molecule has 2 aliphatic rings. The molecule has 1 N–H and O–H groups in total. The fourth-order valence-corrected chi connectivity index (χ4v) is 2.39. The van der Waals surface area contributed by atoms with Crippen molar-refractivity contribution in [2.24, 2.45) is 0 Å². The third-order valence-electron chi connectivity index (χ3n) is 3.41.